The summed E-state index contributed by atoms with van der Waals surface area (Å²) >= 11 is 0. The van der Waals surface area contributed by atoms with E-state index in [1.54, 1.807) is 11.8 Å². The highest BCUT2D eigenvalue weighted by Gasteiger charge is 2.14. The predicted octanol–water partition coefficient (Wildman–Crippen LogP) is 1.31. The number of carbonyl (C=O) groups excluding carboxylic acids is 1. The van der Waals surface area contributed by atoms with E-state index in [1.165, 1.54) is 0 Å². The molecule has 0 aliphatic rings. The smallest absolute Gasteiger partial charge is 0.317 e. The van der Waals surface area contributed by atoms with Gasteiger partial charge in [-0.05, 0) is 27.2 Å². The van der Waals surface area contributed by atoms with E-state index in [9.17, 15) is 9.59 Å². The Balaban J connectivity index is 3.97. The molecule has 0 aliphatic carbocycles. The molecular weight excluding hydrogens is 236 g/mol. The molecule has 0 spiro atoms. The van der Waals surface area contributed by atoms with Gasteiger partial charge in [0, 0.05) is 32.2 Å². The molecule has 0 saturated carbocycles. The minimum absolute atomic E-state index is 0.0620. The number of amides is 2. The predicted molar refractivity (Wildman–Crippen MR) is 68.6 cm³/mol. The second-order valence-corrected chi connectivity index (χ2v) is 4.06. The Morgan fingerprint density at radius 3 is 2.56 bits per heavy atom. The molecule has 0 fully saturated rings. The molecule has 2 amide bonds. The molecule has 0 rings (SSSR count). The molecule has 0 aromatic heterocycles. The normalized spacial score (nSPS) is 11.9. The maximum atomic E-state index is 11.8. The van der Waals surface area contributed by atoms with Gasteiger partial charge in [-0.1, -0.05) is 0 Å². The number of carboxylic acid groups (broad SMARTS) is 1. The zero-order valence-electron chi connectivity index (χ0n) is 11.4. The zero-order chi connectivity index (χ0) is 14.0. The first-order chi connectivity index (χ1) is 8.51. The van der Waals surface area contributed by atoms with Gasteiger partial charge in [0.15, 0.2) is 0 Å². The number of carbonyl (C=O) groups is 2. The largest absolute Gasteiger partial charge is 0.481 e. The summed E-state index contributed by atoms with van der Waals surface area (Å²) in [6.07, 6.45) is 0.497. The van der Waals surface area contributed by atoms with Crippen molar-refractivity contribution in [2.75, 3.05) is 26.3 Å². The average Bonchev–Trinajstić information content (AvgIpc) is 2.32. The second kappa shape index (κ2) is 9.70. The summed E-state index contributed by atoms with van der Waals surface area (Å²) in [5, 5.41) is 11.3. The summed E-state index contributed by atoms with van der Waals surface area (Å²) in [5.74, 6) is -0.847. The molecule has 1 atom stereocenters. The van der Waals surface area contributed by atoms with Gasteiger partial charge in [-0.2, -0.15) is 0 Å². The fourth-order valence-corrected chi connectivity index (χ4v) is 1.44. The third-order valence-corrected chi connectivity index (χ3v) is 2.54. The van der Waals surface area contributed by atoms with Crippen molar-refractivity contribution in [2.45, 2.75) is 39.7 Å². The summed E-state index contributed by atoms with van der Waals surface area (Å²) < 4.78 is 5.20. The van der Waals surface area contributed by atoms with E-state index in [-0.39, 0.29) is 18.5 Å². The highest BCUT2D eigenvalue weighted by molar-refractivity contribution is 5.74. The summed E-state index contributed by atoms with van der Waals surface area (Å²) in [4.78, 5) is 23.9. The Morgan fingerprint density at radius 1 is 1.39 bits per heavy atom. The van der Waals surface area contributed by atoms with Gasteiger partial charge in [-0.15, -0.1) is 0 Å². The molecule has 0 aromatic rings. The van der Waals surface area contributed by atoms with Crippen LogP contribution in [0.3, 0.4) is 0 Å². The fourth-order valence-electron chi connectivity index (χ4n) is 1.44. The summed E-state index contributed by atoms with van der Waals surface area (Å²) in [6.45, 7) is 7.90. The van der Waals surface area contributed by atoms with E-state index in [1.807, 2.05) is 13.8 Å². The molecular formula is C12H24N2O4. The average molecular weight is 260 g/mol. The maximum Gasteiger partial charge on any atom is 0.317 e. The quantitative estimate of drug-likeness (QED) is 0.613. The van der Waals surface area contributed by atoms with E-state index in [0.717, 1.165) is 0 Å². The molecule has 0 heterocycles. The van der Waals surface area contributed by atoms with Crippen LogP contribution in [0.25, 0.3) is 0 Å². The molecule has 0 bridgehead atoms. The summed E-state index contributed by atoms with van der Waals surface area (Å²) in [7, 11) is 0. The topological polar surface area (TPSA) is 78.9 Å². The van der Waals surface area contributed by atoms with Crippen LogP contribution in [0.2, 0.25) is 0 Å². The number of hydrogen-bond donors (Lipinski definition) is 2. The van der Waals surface area contributed by atoms with Gasteiger partial charge in [-0.3, -0.25) is 4.79 Å². The Hall–Kier alpha value is -1.30. The first-order valence-corrected chi connectivity index (χ1v) is 6.36. The number of hydrogen-bond acceptors (Lipinski definition) is 3. The van der Waals surface area contributed by atoms with Crippen LogP contribution >= 0.6 is 0 Å². The highest BCUT2D eigenvalue weighted by atomic mass is 16.5. The van der Waals surface area contributed by atoms with Crippen molar-refractivity contribution < 1.29 is 19.4 Å². The Morgan fingerprint density at radius 2 is 2.06 bits per heavy atom. The standard InChI is InChI=1S/C12H24N2O4/c1-4-14(8-9-18-5-2)12(17)13-10(3)6-7-11(15)16/h10H,4-9H2,1-3H3,(H,13,17)(H,15,16). The van der Waals surface area contributed by atoms with E-state index in [0.29, 0.717) is 32.7 Å². The minimum atomic E-state index is -0.847. The lowest BCUT2D eigenvalue weighted by atomic mass is 10.2. The van der Waals surface area contributed by atoms with Gasteiger partial charge in [0.1, 0.15) is 0 Å². The molecule has 1 unspecified atom stereocenters. The molecule has 0 radical (unpaired) electrons. The van der Waals surface area contributed by atoms with Gasteiger partial charge in [0.2, 0.25) is 0 Å². The van der Waals surface area contributed by atoms with Crippen LogP contribution in [0.15, 0.2) is 0 Å². The number of nitrogens with zero attached hydrogens (tertiary/aromatic N) is 1. The zero-order valence-corrected chi connectivity index (χ0v) is 11.4. The van der Waals surface area contributed by atoms with E-state index in [4.69, 9.17) is 9.84 Å². The monoisotopic (exact) mass is 260 g/mol. The molecule has 18 heavy (non-hydrogen) atoms. The van der Waals surface area contributed by atoms with E-state index in [2.05, 4.69) is 5.32 Å². The third-order valence-electron chi connectivity index (χ3n) is 2.54. The number of nitrogens with one attached hydrogen (secondary N) is 1. The molecule has 0 aliphatic heterocycles. The number of urea groups is 1. The van der Waals surface area contributed by atoms with Gasteiger partial charge >= 0.3 is 12.0 Å². The van der Waals surface area contributed by atoms with Gasteiger partial charge < -0.3 is 20.1 Å². The summed E-state index contributed by atoms with van der Waals surface area (Å²) in [5.41, 5.74) is 0. The molecule has 0 saturated heterocycles. The van der Waals surface area contributed by atoms with Crippen molar-refractivity contribution in [3.05, 3.63) is 0 Å². The lowest BCUT2D eigenvalue weighted by Crippen LogP contribution is -2.45. The molecule has 0 aromatic carbocycles. The fraction of sp³-hybridized carbons (Fsp3) is 0.833. The maximum absolute atomic E-state index is 11.8. The van der Waals surface area contributed by atoms with Gasteiger partial charge in [-0.25, -0.2) is 4.79 Å². The Labute approximate surface area is 108 Å². The number of likely N-dealkylation sites (N-methyl/N-ethyl adjacent to an activating group) is 1. The Kier molecular flexibility index (Phi) is 9.00. The van der Waals surface area contributed by atoms with Crippen molar-refractivity contribution in [1.29, 1.82) is 0 Å². The van der Waals surface area contributed by atoms with Gasteiger partial charge in [0.25, 0.3) is 0 Å². The van der Waals surface area contributed by atoms with Crippen molar-refractivity contribution in [2.24, 2.45) is 0 Å². The number of carboxylic acids is 1. The van der Waals surface area contributed by atoms with Crippen molar-refractivity contribution >= 4 is 12.0 Å². The number of ether oxygens (including phenoxy) is 1. The number of aliphatic carboxylic acids is 1. The SMILES string of the molecule is CCOCCN(CC)C(=O)NC(C)CCC(=O)O. The molecule has 106 valence electrons. The molecule has 2 N–H and O–H groups in total. The van der Waals surface area contributed by atoms with Crippen molar-refractivity contribution in [1.82, 2.24) is 10.2 Å². The van der Waals surface area contributed by atoms with E-state index < -0.39 is 5.97 Å². The van der Waals surface area contributed by atoms with Crippen molar-refractivity contribution in [3.8, 4) is 0 Å². The molecule has 6 heteroatoms. The van der Waals surface area contributed by atoms with Crippen molar-refractivity contribution in [3.63, 3.8) is 0 Å². The highest BCUT2D eigenvalue weighted by Crippen LogP contribution is 1.98. The second-order valence-electron chi connectivity index (χ2n) is 4.06. The first-order valence-electron chi connectivity index (χ1n) is 6.36. The lowest BCUT2D eigenvalue weighted by Gasteiger charge is -2.23. The van der Waals surface area contributed by atoms with Crippen LogP contribution in [-0.2, 0) is 9.53 Å². The van der Waals surface area contributed by atoms with Crippen LogP contribution in [0, 0.1) is 0 Å². The van der Waals surface area contributed by atoms with Crippen LogP contribution in [0.1, 0.15) is 33.6 Å². The third kappa shape index (κ3) is 7.89. The Bertz CT molecular complexity index is 258. The van der Waals surface area contributed by atoms with Crippen LogP contribution in [0.5, 0.6) is 0 Å². The van der Waals surface area contributed by atoms with E-state index >= 15 is 0 Å². The molecule has 6 nitrogen and oxygen atoms in total. The van der Waals surface area contributed by atoms with Crippen LogP contribution in [0.4, 0.5) is 4.79 Å². The van der Waals surface area contributed by atoms with Crippen LogP contribution < -0.4 is 5.32 Å². The number of rotatable bonds is 9. The lowest BCUT2D eigenvalue weighted by molar-refractivity contribution is -0.137. The first kappa shape index (κ1) is 16.7. The van der Waals surface area contributed by atoms with Gasteiger partial charge in [0.05, 0.1) is 6.61 Å². The minimum Gasteiger partial charge on any atom is -0.481 e. The summed E-state index contributed by atoms with van der Waals surface area (Å²) in [6, 6.07) is -0.315. The van der Waals surface area contributed by atoms with Crippen LogP contribution in [-0.4, -0.2) is 54.4 Å².